The first kappa shape index (κ1) is 15.3. The van der Waals surface area contributed by atoms with Crippen LogP contribution in [0.4, 0.5) is 10.1 Å². The zero-order chi connectivity index (χ0) is 15.7. The molecule has 1 atom stereocenters. The minimum Gasteiger partial charge on any atom is -0.393 e. The molecule has 0 spiro atoms. The van der Waals surface area contributed by atoms with E-state index in [0.717, 1.165) is 4.90 Å². The van der Waals surface area contributed by atoms with E-state index in [1.165, 1.54) is 4.90 Å². The molecule has 7 heteroatoms. The third kappa shape index (κ3) is 2.96. The first-order valence-corrected chi connectivity index (χ1v) is 8.15. The van der Waals surface area contributed by atoms with Crippen LogP contribution in [0.5, 0.6) is 0 Å². The van der Waals surface area contributed by atoms with Crippen LogP contribution in [0.15, 0.2) is 23.1 Å². The molecule has 5 nitrogen and oxygen atoms in total. The molecule has 0 bridgehead atoms. The number of hydrogen-bond acceptors (Lipinski definition) is 4. The van der Waals surface area contributed by atoms with Crippen molar-refractivity contribution in [2.24, 2.45) is 0 Å². The number of likely N-dealkylation sites (tertiary alicyclic amines) is 1. The monoisotopic (exact) mass is 324 g/mol. The molecule has 0 radical (unpaired) electrons. The average molecular weight is 324 g/mol. The van der Waals surface area contributed by atoms with Gasteiger partial charge in [0.2, 0.25) is 5.91 Å². The fraction of sp³-hybridized carbons (Fsp3) is 0.467. The summed E-state index contributed by atoms with van der Waals surface area (Å²) in [5.41, 5.74) is -0.652. The molecule has 1 fully saturated rings. The lowest BCUT2D eigenvalue weighted by atomic mass is 10.1. The molecule has 1 aromatic carbocycles. The highest BCUT2D eigenvalue weighted by atomic mass is 32.2. The van der Waals surface area contributed by atoms with Crippen LogP contribution < -0.4 is 5.32 Å². The van der Waals surface area contributed by atoms with Gasteiger partial charge in [-0.1, -0.05) is 0 Å². The molecular formula is C15H17FN2O3S. The third-order valence-corrected chi connectivity index (χ3v) is 5.04. The summed E-state index contributed by atoms with van der Waals surface area (Å²) < 4.78 is 14.0. The number of aliphatic hydroxyl groups excluding tert-OH is 1. The predicted octanol–water partition coefficient (Wildman–Crippen LogP) is 1.67. The number of nitrogens with zero attached hydrogens (tertiary/aromatic N) is 1. The third-order valence-electron chi connectivity index (χ3n) is 3.96. The number of rotatable bonds is 2. The van der Waals surface area contributed by atoms with E-state index in [2.05, 4.69) is 5.32 Å². The largest absolute Gasteiger partial charge is 0.393 e. The molecule has 1 unspecified atom stereocenters. The molecular weight excluding hydrogens is 307 g/mol. The van der Waals surface area contributed by atoms with Crippen molar-refractivity contribution in [3.63, 3.8) is 0 Å². The Balaban J connectivity index is 1.81. The van der Waals surface area contributed by atoms with Gasteiger partial charge in [0, 0.05) is 35.6 Å². The quantitative estimate of drug-likeness (QED) is 0.868. The zero-order valence-electron chi connectivity index (χ0n) is 12.0. The van der Waals surface area contributed by atoms with Gasteiger partial charge in [0.05, 0.1) is 18.8 Å². The molecule has 2 amide bonds. The number of halogens is 1. The summed E-state index contributed by atoms with van der Waals surface area (Å²) in [6.07, 6.45) is 0.586. The van der Waals surface area contributed by atoms with Crippen molar-refractivity contribution in [3.05, 3.63) is 23.8 Å². The van der Waals surface area contributed by atoms with Gasteiger partial charge >= 0.3 is 0 Å². The van der Waals surface area contributed by atoms with Crippen LogP contribution >= 0.6 is 11.8 Å². The van der Waals surface area contributed by atoms with Crippen LogP contribution in [-0.2, 0) is 4.79 Å². The standard InChI is InChI=1S/C15H17FN2O3S/c16-15(9-19)4-5-18(8-15)14(21)10-1-2-12-11(7-10)17-13(20)3-6-22-12/h1-2,7,19H,3-6,8-9H2,(H,17,20). The maximum atomic E-state index is 14.0. The Morgan fingerprint density at radius 3 is 3.05 bits per heavy atom. The highest BCUT2D eigenvalue weighted by Gasteiger charge is 2.40. The number of aliphatic hydroxyl groups is 1. The molecule has 22 heavy (non-hydrogen) atoms. The number of thioether (sulfide) groups is 1. The van der Waals surface area contributed by atoms with Crippen LogP contribution in [0.3, 0.4) is 0 Å². The van der Waals surface area contributed by atoms with Crippen molar-refractivity contribution in [2.75, 3.05) is 30.8 Å². The van der Waals surface area contributed by atoms with E-state index < -0.39 is 12.3 Å². The van der Waals surface area contributed by atoms with Crippen molar-refractivity contribution in [3.8, 4) is 0 Å². The maximum Gasteiger partial charge on any atom is 0.254 e. The molecule has 2 aliphatic heterocycles. The number of amides is 2. The smallest absolute Gasteiger partial charge is 0.254 e. The Labute approximate surface area is 131 Å². The highest BCUT2D eigenvalue weighted by Crippen LogP contribution is 2.32. The average Bonchev–Trinajstić information content (AvgIpc) is 2.81. The molecule has 0 saturated carbocycles. The van der Waals surface area contributed by atoms with Crippen LogP contribution in [0, 0.1) is 0 Å². The number of alkyl halides is 1. The Morgan fingerprint density at radius 2 is 2.32 bits per heavy atom. The van der Waals surface area contributed by atoms with E-state index in [4.69, 9.17) is 5.11 Å². The molecule has 0 aromatic heterocycles. The fourth-order valence-corrected chi connectivity index (χ4v) is 3.61. The van der Waals surface area contributed by atoms with Crippen molar-refractivity contribution in [1.82, 2.24) is 4.90 Å². The lowest BCUT2D eigenvalue weighted by molar-refractivity contribution is -0.115. The minimum absolute atomic E-state index is 0.0694. The van der Waals surface area contributed by atoms with Gasteiger partial charge < -0.3 is 15.3 Å². The lowest BCUT2D eigenvalue weighted by Crippen LogP contribution is -2.35. The van der Waals surface area contributed by atoms with Crippen molar-refractivity contribution in [1.29, 1.82) is 0 Å². The molecule has 1 aromatic rings. The summed E-state index contributed by atoms with van der Waals surface area (Å²) in [7, 11) is 0. The van der Waals surface area contributed by atoms with Crippen LogP contribution in [-0.4, -0.2) is 52.9 Å². The fourth-order valence-electron chi connectivity index (χ4n) is 2.67. The zero-order valence-corrected chi connectivity index (χ0v) is 12.8. The van der Waals surface area contributed by atoms with Gasteiger partial charge in [-0.05, 0) is 18.2 Å². The van der Waals surface area contributed by atoms with Gasteiger partial charge in [-0.2, -0.15) is 0 Å². The normalized spacial score (nSPS) is 24.6. The SMILES string of the molecule is O=C1CCSc2ccc(C(=O)N3CCC(F)(CO)C3)cc2N1. The van der Waals surface area contributed by atoms with Gasteiger partial charge in [-0.3, -0.25) is 9.59 Å². The molecule has 3 rings (SSSR count). The summed E-state index contributed by atoms with van der Waals surface area (Å²) in [5, 5.41) is 11.8. The van der Waals surface area contributed by atoms with Crippen LogP contribution in [0.2, 0.25) is 0 Å². The summed E-state index contributed by atoms with van der Waals surface area (Å²) >= 11 is 1.57. The number of anilines is 1. The van der Waals surface area contributed by atoms with Crippen molar-refractivity contribution < 1.29 is 19.1 Å². The Kier molecular flexibility index (Phi) is 4.10. The minimum atomic E-state index is -1.70. The first-order valence-electron chi connectivity index (χ1n) is 7.16. The number of carbonyl (C=O) groups excluding carboxylic acids is 2. The van der Waals surface area contributed by atoms with Crippen molar-refractivity contribution >= 4 is 29.3 Å². The maximum absolute atomic E-state index is 14.0. The van der Waals surface area contributed by atoms with Gasteiger partial charge in [-0.25, -0.2) is 4.39 Å². The Morgan fingerprint density at radius 1 is 1.50 bits per heavy atom. The summed E-state index contributed by atoms with van der Waals surface area (Å²) in [6.45, 7) is -0.387. The molecule has 0 aliphatic carbocycles. The second-order valence-corrected chi connectivity index (χ2v) is 6.78. The van der Waals surface area contributed by atoms with E-state index in [1.807, 2.05) is 6.07 Å². The van der Waals surface area contributed by atoms with Gasteiger partial charge in [0.25, 0.3) is 5.91 Å². The van der Waals surface area contributed by atoms with E-state index in [1.54, 1.807) is 23.9 Å². The van der Waals surface area contributed by atoms with Gasteiger partial charge in [-0.15, -0.1) is 11.8 Å². The second-order valence-electron chi connectivity index (χ2n) is 5.64. The number of nitrogens with one attached hydrogen (secondary N) is 1. The number of hydrogen-bond donors (Lipinski definition) is 2. The molecule has 2 heterocycles. The highest BCUT2D eigenvalue weighted by molar-refractivity contribution is 7.99. The Bertz CT molecular complexity index is 625. The second kappa shape index (κ2) is 5.89. The number of fused-ring (bicyclic) bond motifs is 1. The van der Waals surface area contributed by atoms with E-state index in [-0.39, 0.29) is 31.3 Å². The first-order chi connectivity index (χ1) is 10.5. The molecule has 118 valence electrons. The Hall–Kier alpha value is -1.60. The summed E-state index contributed by atoms with van der Waals surface area (Å²) in [4.78, 5) is 26.4. The van der Waals surface area contributed by atoms with Crippen LogP contribution in [0.25, 0.3) is 0 Å². The molecule has 1 saturated heterocycles. The van der Waals surface area contributed by atoms with Gasteiger partial charge in [0.15, 0.2) is 5.67 Å². The molecule has 2 N–H and O–H groups in total. The predicted molar refractivity (Wildman–Crippen MR) is 81.9 cm³/mol. The van der Waals surface area contributed by atoms with Gasteiger partial charge in [0.1, 0.15) is 0 Å². The molecule has 2 aliphatic rings. The van der Waals surface area contributed by atoms with E-state index in [9.17, 15) is 14.0 Å². The van der Waals surface area contributed by atoms with E-state index >= 15 is 0 Å². The van der Waals surface area contributed by atoms with Crippen molar-refractivity contribution in [2.45, 2.75) is 23.4 Å². The topological polar surface area (TPSA) is 69.6 Å². The van der Waals surface area contributed by atoms with Crippen LogP contribution in [0.1, 0.15) is 23.2 Å². The summed E-state index contributed by atoms with van der Waals surface area (Å²) in [6, 6.07) is 5.15. The van der Waals surface area contributed by atoms with E-state index in [0.29, 0.717) is 23.4 Å². The number of carbonyl (C=O) groups is 2. The number of benzene rings is 1. The lowest BCUT2D eigenvalue weighted by Gasteiger charge is -2.19. The summed E-state index contributed by atoms with van der Waals surface area (Å²) in [5.74, 6) is 0.360.